The Bertz CT molecular complexity index is 450. The first-order valence-corrected chi connectivity index (χ1v) is 8.67. The lowest BCUT2D eigenvalue weighted by Gasteiger charge is -2.31. The standard InChI is InChI=1S/C19H28O3/c1-2-6-15-7-3-4-8-16(15)9-5-14-22-18-12-10-17(11-13-18)19(20)21/h10-13,15-16H,2-9,14H2,1H3,(H,20,21). The highest BCUT2D eigenvalue weighted by Gasteiger charge is 2.23. The summed E-state index contributed by atoms with van der Waals surface area (Å²) in [5, 5.41) is 8.86. The summed E-state index contributed by atoms with van der Waals surface area (Å²) in [6.07, 6.45) is 10.6. The van der Waals surface area contributed by atoms with E-state index in [9.17, 15) is 4.79 Å². The maximum Gasteiger partial charge on any atom is 0.335 e. The summed E-state index contributed by atoms with van der Waals surface area (Å²) in [7, 11) is 0. The Hall–Kier alpha value is -1.51. The van der Waals surface area contributed by atoms with E-state index in [0.717, 1.165) is 30.6 Å². The van der Waals surface area contributed by atoms with Crippen molar-refractivity contribution in [2.75, 3.05) is 6.61 Å². The Kier molecular flexibility index (Phi) is 6.75. The SMILES string of the molecule is CCCC1CCCCC1CCCOc1ccc(C(=O)O)cc1. The highest BCUT2D eigenvalue weighted by molar-refractivity contribution is 5.87. The number of hydrogen-bond donors (Lipinski definition) is 1. The number of aromatic carboxylic acids is 1. The van der Waals surface area contributed by atoms with Crippen LogP contribution in [0.15, 0.2) is 24.3 Å². The Morgan fingerprint density at radius 1 is 1.14 bits per heavy atom. The summed E-state index contributed by atoms with van der Waals surface area (Å²) in [4.78, 5) is 10.8. The van der Waals surface area contributed by atoms with Gasteiger partial charge in [0.1, 0.15) is 5.75 Å². The number of hydrogen-bond acceptors (Lipinski definition) is 2. The van der Waals surface area contributed by atoms with Crippen molar-refractivity contribution in [2.45, 2.75) is 58.3 Å². The topological polar surface area (TPSA) is 46.5 Å². The van der Waals surface area contributed by atoms with Crippen molar-refractivity contribution < 1.29 is 14.6 Å². The average molecular weight is 304 g/mol. The van der Waals surface area contributed by atoms with Crippen molar-refractivity contribution in [2.24, 2.45) is 11.8 Å². The second-order valence-corrected chi connectivity index (χ2v) is 6.41. The van der Waals surface area contributed by atoms with Crippen molar-refractivity contribution in [1.82, 2.24) is 0 Å². The van der Waals surface area contributed by atoms with Crippen LogP contribution in [0.25, 0.3) is 0 Å². The summed E-state index contributed by atoms with van der Waals surface area (Å²) in [5.74, 6) is 1.67. The van der Waals surface area contributed by atoms with E-state index in [-0.39, 0.29) is 0 Å². The Morgan fingerprint density at radius 3 is 2.36 bits per heavy atom. The van der Waals surface area contributed by atoms with Gasteiger partial charge in [0.15, 0.2) is 0 Å². The molecule has 0 aliphatic heterocycles. The highest BCUT2D eigenvalue weighted by atomic mass is 16.5. The maximum absolute atomic E-state index is 10.8. The van der Waals surface area contributed by atoms with Crippen LogP contribution in [0.5, 0.6) is 5.75 Å². The fraction of sp³-hybridized carbons (Fsp3) is 0.632. The van der Waals surface area contributed by atoms with Gasteiger partial charge in [-0.15, -0.1) is 0 Å². The van der Waals surface area contributed by atoms with E-state index in [1.54, 1.807) is 24.3 Å². The van der Waals surface area contributed by atoms with E-state index in [2.05, 4.69) is 6.92 Å². The van der Waals surface area contributed by atoms with Gasteiger partial charge in [0.25, 0.3) is 0 Å². The molecule has 1 N–H and O–H groups in total. The molecule has 122 valence electrons. The third-order valence-electron chi connectivity index (χ3n) is 4.82. The third kappa shape index (κ3) is 5.04. The zero-order valence-corrected chi connectivity index (χ0v) is 13.6. The minimum atomic E-state index is -0.897. The van der Waals surface area contributed by atoms with Crippen molar-refractivity contribution in [1.29, 1.82) is 0 Å². The summed E-state index contributed by atoms with van der Waals surface area (Å²) in [6, 6.07) is 6.67. The summed E-state index contributed by atoms with van der Waals surface area (Å²) >= 11 is 0. The van der Waals surface area contributed by atoms with Gasteiger partial charge in [-0.2, -0.15) is 0 Å². The largest absolute Gasteiger partial charge is 0.494 e. The van der Waals surface area contributed by atoms with Gasteiger partial charge in [0.2, 0.25) is 0 Å². The first kappa shape index (κ1) is 16.9. The molecule has 0 amide bonds. The Balaban J connectivity index is 1.70. The van der Waals surface area contributed by atoms with Gasteiger partial charge in [0, 0.05) is 0 Å². The highest BCUT2D eigenvalue weighted by Crippen LogP contribution is 2.35. The van der Waals surface area contributed by atoms with E-state index in [1.165, 1.54) is 44.9 Å². The first-order chi connectivity index (χ1) is 10.7. The fourth-order valence-corrected chi connectivity index (χ4v) is 3.64. The van der Waals surface area contributed by atoms with Gasteiger partial charge in [-0.05, 0) is 48.9 Å². The van der Waals surface area contributed by atoms with Crippen LogP contribution in [0, 0.1) is 11.8 Å². The molecule has 1 fully saturated rings. The van der Waals surface area contributed by atoms with E-state index in [4.69, 9.17) is 9.84 Å². The molecule has 0 spiro atoms. The van der Waals surface area contributed by atoms with Crippen LogP contribution in [0.2, 0.25) is 0 Å². The molecule has 1 saturated carbocycles. The Morgan fingerprint density at radius 2 is 1.77 bits per heavy atom. The molecule has 0 bridgehead atoms. The number of ether oxygens (including phenoxy) is 1. The molecule has 1 aromatic rings. The molecule has 3 nitrogen and oxygen atoms in total. The molecule has 0 heterocycles. The van der Waals surface area contributed by atoms with Gasteiger partial charge in [-0.25, -0.2) is 4.79 Å². The van der Waals surface area contributed by atoms with Crippen LogP contribution in [0.1, 0.15) is 68.6 Å². The fourth-order valence-electron chi connectivity index (χ4n) is 3.64. The summed E-state index contributed by atoms with van der Waals surface area (Å²) in [5.41, 5.74) is 0.303. The molecule has 1 aliphatic rings. The maximum atomic E-state index is 10.8. The van der Waals surface area contributed by atoms with E-state index >= 15 is 0 Å². The molecular formula is C19H28O3. The van der Waals surface area contributed by atoms with Crippen LogP contribution < -0.4 is 4.74 Å². The predicted molar refractivity (Wildman–Crippen MR) is 88.5 cm³/mol. The zero-order chi connectivity index (χ0) is 15.8. The smallest absolute Gasteiger partial charge is 0.335 e. The number of benzene rings is 1. The first-order valence-electron chi connectivity index (χ1n) is 8.67. The molecule has 22 heavy (non-hydrogen) atoms. The molecule has 0 radical (unpaired) electrons. The van der Waals surface area contributed by atoms with Gasteiger partial charge in [0.05, 0.1) is 12.2 Å². The monoisotopic (exact) mass is 304 g/mol. The molecule has 1 aromatic carbocycles. The van der Waals surface area contributed by atoms with Crippen LogP contribution in [0.4, 0.5) is 0 Å². The molecule has 0 saturated heterocycles. The predicted octanol–water partition coefficient (Wildman–Crippen LogP) is 5.15. The van der Waals surface area contributed by atoms with Crippen molar-refractivity contribution in [3.8, 4) is 5.75 Å². The molecule has 2 unspecified atom stereocenters. The van der Waals surface area contributed by atoms with Crippen LogP contribution in [-0.4, -0.2) is 17.7 Å². The lowest BCUT2D eigenvalue weighted by molar-refractivity contribution is 0.0697. The van der Waals surface area contributed by atoms with Crippen molar-refractivity contribution in [3.63, 3.8) is 0 Å². The number of rotatable bonds is 8. The number of carboxylic acids is 1. The normalized spacial score (nSPS) is 21.5. The lowest BCUT2D eigenvalue weighted by atomic mass is 9.75. The minimum Gasteiger partial charge on any atom is -0.494 e. The van der Waals surface area contributed by atoms with E-state index in [0.29, 0.717) is 5.56 Å². The number of carbonyl (C=O) groups is 1. The minimum absolute atomic E-state index is 0.303. The number of carboxylic acid groups (broad SMARTS) is 1. The van der Waals surface area contributed by atoms with E-state index in [1.807, 2.05) is 0 Å². The van der Waals surface area contributed by atoms with Gasteiger partial charge in [-0.3, -0.25) is 0 Å². The van der Waals surface area contributed by atoms with Crippen molar-refractivity contribution in [3.05, 3.63) is 29.8 Å². The molecule has 2 atom stereocenters. The van der Waals surface area contributed by atoms with Crippen molar-refractivity contribution >= 4 is 5.97 Å². The van der Waals surface area contributed by atoms with Gasteiger partial charge in [-0.1, -0.05) is 45.4 Å². The molecule has 1 aliphatic carbocycles. The molecule has 3 heteroatoms. The van der Waals surface area contributed by atoms with E-state index < -0.39 is 5.97 Å². The molecule has 0 aromatic heterocycles. The third-order valence-corrected chi connectivity index (χ3v) is 4.82. The van der Waals surface area contributed by atoms with Crippen LogP contribution >= 0.6 is 0 Å². The lowest BCUT2D eigenvalue weighted by Crippen LogP contribution is -2.20. The second kappa shape index (κ2) is 8.82. The van der Waals surface area contributed by atoms with Crippen LogP contribution in [0.3, 0.4) is 0 Å². The summed E-state index contributed by atoms with van der Waals surface area (Å²) in [6.45, 7) is 3.01. The van der Waals surface area contributed by atoms with Gasteiger partial charge < -0.3 is 9.84 Å². The average Bonchev–Trinajstić information content (AvgIpc) is 2.53. The molecule has 2 rings (SSSR count). The summed E-state index contributed by atoms with van der Waals surface area (Å²) < 4.78 is 5.73. The van der Waals surface area contributed by atoms with Gasteiger partial charge >= 0.3 is 5.97 Å². The molecular weight excluding hydrogens is 276 g/mol. The second-order valence-electron chi connectivity index (χ2n) is 6.41. The quantitative estimate of drug-likeness (QED) is 0.675. The zero-order valence-electron chi connectivity index (χ0n) is 13.6. The Labute approximate surface area is 133 Å². The van der Waals surface area contributed by atoms with Crippen LogP contribution in [-0.2, 0) is 0 Å².